The number of carboxylic acids is 2. The van der Waals surface area contributed by atoms with Crippen molar-refractivity contribution in [2.24, 2.45) is 0 Å². The third-order valence-electron chi connectivity index (χ3n) is 14.6. The van der Waals surface area contributed by atoms with Crippen molar-refractivity contribution in [3.05, 3.63) is 0 Å². The molecule has 9 heteroatoms. The van der Waals surface area contributed by atoms with E-state index in [1.54, 1.807) is 0 Å². The van der Waals surface area contributed by atoms with Gasteiger partial charge in [-0.2, -0.15) is 0 Å². The summed E-state index contributed by atoms with van der Waals surface area (Å²) >= 11 is 0. The number of hydrogen-bond donors (Lipinski definition) is 0. The van der Waals surface area contributed by atoms with E-state index in [0.717, 1.165) is 116 Å². The molecule has 428 valence electrons. The van der Waals surface area contributed by atoms with Crippen molar-refractivity contribution in [1.29, 1.82) is 0 Å². The predicted molar refractivity (Wildman–Crippen MR) is 308 cm³/mol. The van der Waals surface area contributed by atoms with Crippen LogP contribution in [0, 0.1) is 0 Å². The molecule has 0 amide bonds. The Morgan fingerprint density at radius 1 is 0.260 bits per heavy atom. The summed E-state index contributed by atoms with van der Waals surface area (Å²) in [6.07, 6.45) is 62.6. The molecule has 0 aliphatic carbocycles. The molecule has 0 rings (SSSR count). The molecule has 0 aromatic heterocycles. The topological polar surface area (TPSA) is 133 Å². The largest absolute Gasteiger partial charge is 2.00 e. The third-order valence-corrected chi connectivity index (χ3v) is 14.6. The van der Waals surface area contributed by atoms with E-state index in [1.165, 1.54) is 205 Å². The Morgan fingerprint density at radius 3 is 0.658 bits per heavy atom. The van der Waals surface area contributed by atoms with Crippen LogP contribution < -0.4 is 10.2 Å². The maximum atomic E-state index is 12.3. The molecule has 0 aliphatic heterocycles. The van der Waals surface area contributed by atoms with Gasteiger partial charge in [-0.25, -0.2) is 0 Å². The fraction of sp³-hybridized carbons (Fsp3) is 0.938. The van der Waals surface area contributed by atoms with Gasteiger partial charge in [-0.05, 0) is 77.0 Å². The Kier molecular flexibility index (Phi) is 68.4. The van der Waals surface area contributed by atoms with Gasteiger partial charge >= 0.3 is 49.7 Å². The normalized spacial score (nSPS) is 11.9. The first kappa shape index (κ1) is 76.4. The second-order valence-corrected chi connectivity index (χ2v) is 22.0. The number of ether oxygens (including phenoxy) is 2. The minimum absolute atomic E-state index is 0. The van der Waals surface area contributed by atoms with E-state index >= 15 is 0 Å². The van der Waals surface area contributed by atoms with E-state index in [9.17, 15) is 29.4 Å². The second kappa shape index (κ2) is 65.4. The molecule has 0 heterocycles. The Labute approximate surface area is 483 Å². The number of carbonyl (C=O) groups excluding carboxylic acids is 4. The number of unbranched alkanes of at least 4 members (excludes halogenated alkanes) is 40. The first-order valence-corrected chi connectivity index (χ1v) is 32.0. The standard InChI is InChI=1S/2C32H62O4.Ca/c2*1-3-5-6-7-8-9-11-16-19-22-25-29-32(35)36-30(26-4-2)27-23-20-17-14-12-10-13-15-18-21-24-28-31(33)34;/h2*30H,3-29H2,1-2H3,(H,33,34);/q;;+2/p-2. The monoisotopic (exact) mass is 1060 g/mol. The average Bonchev–Trinajstić information content (AvgIpc) is 3.35. The Balaban J connectivity index is -0.00000132. The number of aliphatic carboxylic acids is 2. The number of carbonyl (C=O) groups is 4. The molecule has 73 heavy (non-hydrogen) atoms. The summed E-state index contributed by atoms with van der Waals surface area (Å²) in [7, 11) is 0. The zero-order chi connectivity index (χ0) is 53.1. The van der Waals surface area contributed by atoms with Crippen molar-refractivity contribution in [2.45, 2.75) is 387 Å². The first-order valence-electron chi connectivity index (χ1n) is 32.0. The van der Waals surface area contributed by atoms with Gasteiger partial charge in [0.25, 0.3) is 0 Å². The molecule has 0 aromatic carbocycles. The van der Waals surface area contributed by atoms with E-state index in [-0.39, 0.29) is 74.7 Å². The fourth-order valence-corrected chi connectivity index (χ4v) is 9.99. The van der Waals surface area contributed by atoms with Crippen molar-refractivity contribution >= 4 is 61.6 Å². The second-order valence-electron chi connectivity index (χ2n) is 22.0. The van der Waals surface area contributed by atoms with Gasteiger partial charge in [0, 0.05) is 24.8 Å². The molecule has 0 radical (unpaired) electrons. The molecule has 0 aromatic rings. The molecular weight excluding hydrogens is 937 g/mol. The molecule has 0 bridgehead atoms. The smallest absolute Gasteiger partial charge is 0.550 e. The maximum Gasteiger partial charge on any atom is 2.00 e. The maximum absolute atomic E-state index is 12.3. The molecule has 0 fully saturated rings. The van der Waals surface area contributed by atoms with E-state index in [1.807, 2.05) is 0 Å². The van der Waals surface area contributed by atoms with Crippen LogP contribution in [-0.4, -0.2) is 73.8 Å². The Bertz CT molecular complexity index is 1050. The summed E-state index contributed by atoms with van der Waals surface area (Å²) < 4.78 is 11.6. The van der Waals surface area contributed by atoms with Gasteiger partial charge in [0.1, 0.15) is 12.2 Å². The average molecular weight is 1060 g/mol. The van der Waals surface area contributed by atoms with E-state index in [4.69, 9.17) is 9.47 Å². The number of carboxylic acid groups (broad SMARTS) is 2. The summed E-state index contributed by atoms with van der Waals surface area (Å²) in [4.78, 5) is 45.3. The van der Waals surface area contributed by atoms with Gasteiger partial charge < -0.3 is 29.3 Å². The molecule has 2 unspecified atom stereocenters. The zero-order valence-electron chi connectivity index (χ0n) is 49.3. The predicted octanol–water partition coefficient (Wildman–Crippen LogP) is 18.1. The first-order chi connectivity index (χ1) is 35.2. The molecule has 0 aliphatic rings. The van der Waals surface area contributed by atoms with Crippen LogP contribution in [0.15, 0.2) is 0 Å². The summed E-state index contributed by atoms with van der Waals surface area (Å²) in [6.45, 7) is 8.88. The van der Waals surface area contributed by atoms with E-state index < -0.39 is 11.9 Å². The van der Waals surface area contributed by atoms with Crippen LogP contribution in [0.3, 0.4) is 0 Å². The van der Waals surface area contributed by atoms with Crippen LogP contribution in [0.25, 0.3) is 0 Å². The van der Waals surface area contributed by atoms with Crippen LogP contribution in [0.2, 0.25) is 0 Å². The van der Waals surface area contributed by atoms with E-state index in [0.29, 0.717) is 12.8 Å². The molecule has 0 saturated carbocycles. The summed E-state index contributed by atoms with van der Waals surface area (Å²) in [5.74, 6) is -1.81. The van der Waals surface area contributed by atoms with Crippen LogP contribution in [0.4, 0.5) is 0 Å². The molecular formula is C64H122CaO8. The quantitative estimate of drug-likeness (QED) is 0.0334. The van der Waals surface area contributed by atoms with Gasteiger partial charge in [0.15, 0.2) is 0 Å². The molecule has 2 atom stereocenters. The van der Waals surface area contributed by atoms with Crippen molar-refractivity contribution in [3.63, 3.8) is 0 Å². The minimum atomic E-state index is -0.922. The van der Waals surface area contributed by atoms with Crippen molar-refractivity contribution in [3.8, 4) is 0 Å². The molecule has 0 saturated heterocycles. The minimum Gasteiger partial charge on any atom is -0.550 e. The summed E-state index contributed by atoms with van der Waals surface area (Å²) in [5, 5.41) is 20.7. The zero-order valence-corrected chi connectivity index (χ0v) is 51.5. The van der Waals surface area contributed by atoms with Gasteiger partial charge in [-0.3, -0.25) is 9.59 Å². The number of rotatable bonds is 58. The fourth-order valence-electron chi connectivity index (χ4n) is 9.99. The summed E-state index contributed by atoms with van der Waals surface area (Å²) in [6, 6.07) is 0. The van der Waals surface area contributed by atoms with Crippen LogP contribution in [0.5, 0.6) is 0 Å². The van der Waals surface area contributed by atoms with Crippen LogP contribution in [0.1, 0.15) is 374 Å². The van der Waals surface area contributed by atoms with Crippen molar-refractivity contribution in [2.75, 3.05) is 0 Å². The third kappa shape index (κ3) is 67.2. The van der Waals surface area contributed by atoms with E-state index in [2.05, 4.69) is 27.7 Å². The molecule has 0 spiro atoms. The Morgan fingerprint density at radius 2 is 0.452 bits per heavy atom. The van der Waals surface area contributed by atoms with Gasteiger partial charge in [0.2, 0.25) is 0 Å². The SMILES string of the molecule is CCCCCCCCCCCCCC(=O)OC(CCC)CCCCCCCCCCCCCC(=O)[O-].CCCCCCCCCCCCCC(=O)OC(CCC)CCCCCCCCCCCCCC(=O)[O-].[Ca+2]. The molecule has 8 nitrogen and oxygen atoms in total. The van der Waals surface area contributed by atoms with Gasteiger partial charge in [0.05, 0.1) is 0 Å². The molecule has 0 N–H and O–H groups in total. The van der Waals surface area contributed by atoms with Crippen molar-refractivity contribution < 1.29 is 38.9 Å². The number of esters is 2. The van der Waals surface area contributed by atoms with Crippen LogP contribution >= 0.6 is 0 Å². The number of hydrogen-bond acceptors (Lipinski definition) is 8. The summed E-state index contributed by atoms with van der Waals surface area (Å²) in [5.41, 5.74) is 0. The Hall–Kier alpha value is -0.860. The van der Waals surface area contributed by atoms with Gasteiger partial charge in [-0.15, -0.1) is 0 Å². The van der Waals surface area contributed by atoms with Crippen molar-refractivity contribution in [1.82, 2.24) is 0 Å². The van der Waals surface area contributed by atoms with Gasteiger partial charge in [-0.1, -0.05) is 285 Å². The van der Waals surface area contributed by atoms with Crippen LogP contribution in [-0.2, 0) is 28.7 Å².